The minimum absolute atomic E-state index is 0.160. The fourth-order valence-corrected chi connectivity index (χ4v) is 3.89. The Morgan fingerprint density at radius 1 is 1.27 bits per heavy atom. The lowest BCUT2D eigenvalue weighted by Crippen LogP contribution is -2.48. The van der Waals surface area contributed by atoms with Crippen molar-refractivity contribution in [3.05, 3.63) is 35.9 Å². The highest BCUT2D eigenvalue weighted by Crippen LogP contribution is 2.32. The smallest absolute Gasteiger partial charge is 0.245 e. The molecule has 2 heterocycles. The summed E-state index contributed by atoms with van der Waals surface area (Å²) in [5, 5.41) is 3.48. The van der Waals surface area contributed by atoms with Gasteiger partial charge in [0.25, 0.3) is 0 Å². The molecule has 22 heavy (non-hydrogen) atoms. The molecule has 0 spiro atoms. The zero-order valence-corrected chi connectivity index (χ0v) is 13.7. The van der Waals surface area contributed by atoms with Crippen LogP contribution in [0.1, 0.15) is 37.8 Å². The number of likely N-dealkylation sites (N-methyl/N-ethyl adjacent to an activating group) is 1. The maximum absolute atomic E-state index is 13.4. The zero-order chi connectivity index (χ0) is 15.5. The molecule has 0 radical (unpaired) electrons. The average molecular weight is 301 g/mol. The van der Waals surface area contributed by atoms with Gasteiger partial charge >= 0.3 is 0 Å². The van der Waals surface area contributed by atoms with E-state index in [9.17, 15) is 4.79 Å². The largest absolute Gasteiger partial charge is 0.334 e. The Bertz CT molecular complexity index is 490. The number of nitrogens with one attached hydrogen (secondary N) is 1. The molecule has 0 aliphatic carbocycles. The van der Waals surface area contributed by atoms with Crippen molar-refractivity contribution in [3.8, 4) is 0 Å². The number of carbonyl (C=O) groups is 1. The van der Waals surface area contributed by atoms with E-state index in [1.165, 1.54) is 0 Å². The molecule has 2 aliphatic rings. The van der Waals surface area contributed by atoms with Crippen LogP contribution in [0.25, 0.3) is 0 Å². The van der Waals surface area contributed by atoms with Crippen LogP contribution in [0.5, 0.6) is 0 Å². The first-order chi connectivity index (χ1) is 10.7. The molecular formula is C18H27N3O. The number of benzene rings is 1. The molecule has 2 saturated heterocycles. The summed E-state index contributed by atoms with van der Waals surface area (Å²) in [6, 6.07) is 10.8. The van der Waals surface area contributed by atoms with Crippen LogP contribution in [0.2, 0.25) is 0 Å². The van der Waals surface area contributed by atoms with E-state index in [0.29, 0.717) is 12.1 Å². The fraction of sp³-hybridized carbons (Fsp3) is 0.611. The highest BCUT2D eigenvalue weighted by molar-refractivity contribution is 5.84. The van der Waals surface area contributed by atoms with Crippen molar-refractivity contribution in [2.45, 2.75) is 44.3 Å². The van der Waals surface area contributed by atoms with Crippen molar-refractivity contribution in [2.24, 2.45) is 0 Å². The van der Waals surface area contributed by atoms with Crippen molar-refractivity contribution >= 4 is 5.91 Å². The second-order valence-corrected chi connectivity index (χ2v) is 6.51. The van der Waals surface area contributed by atoms with Crippen LogP contribution in [0.3, 0.4) is 0 Å². The number of fused-ring (bicyclic) bond motifs is 2. The van der Waals surface area contributed by atoms with E-state index in [1.807, 2.05) is 25.2 Å². The number of nitrogens with zero attached hydrogens (tertiary/aromatic N) is 2. The molecule has 120 valence electrons. The number of amides is 1. The van der Waals surface area contributed by atoms with Gasteiger partial charge in [0.05, 0.1) is 0 Å². The van der Waals surface area contributed by atoms with Crippen molar-refractivity contribution < 1.29 is 4.79 Å². The molecule has 4 heteroatoms. The molecule has 1 aromatic carbocycles. The number of carbonyl (C=O) groups excluding carboxylic acids is 1. The number of hydrogen-bond acceptors (Lipinski definition) is 3. The van der Waals surface area contributed by atoms with Crippen molar-refractivity contribution in [1.29, 1.82) is 0 Å². The summed E-state index contributed by atoms with van der Waals surface area (Å²) in [5.41, 5.74) is 1.11. The van der Waals surface area contributed by atoms with Gasteiger partial charge in [-0.15, -0.1) is 0 Å². The van der Waals surface area contributed by atoms with Gasteiger partial charge in [-0.25, -0.2) is 0 Å². The molecular weight excluding hydrogens is 274 g/mol. The second kappa shape index (κ2) is 6.80. The van der Waals surface area contributed by atoms with Crippen LogP contribution in [0, 0.1) is 0 Å². The molecule has 2 aliphatic heterocycles. The predicted octanol–water partition coefficient (Wildman–Crippen LogP) is 2.03. The molecule has 1 amide bonds. The Morgan fingerprint density at radius 3 is 2.73 bits per heavy atom. The molecule has 0 aromatic heterocycles. The van der Waals surface area contributed by atoms with Crippen LogP contribution < -0.4 is 5.32 Å². The van der Waals surface area contributed by atoms with Crippen molar-refractivity contribution in [3.63, 3.8) is 0 Å². The first kappa shape index (κ1) is 15.5. The summed E-state index contributed by atoms with van der Waals surface area (Å²) < 4.78 is 0. The van der Waals surface area contributed by atoms with Crippen LogP contribution in [-0.2, 0) is 4.79 Å². The van der Waals surface area contributed by atoms with Gasteiger partial charge in [0.1, 0.15) is 6.04 Å². The van der Waals surface area contributed by atoms with E-state index in [0.717, 1.165) is 44.5 Å². The normalized spacial score (nSPS) is 26.0. The summed E-state index contributed by atoms with van der Waals surface area (Å²) >= 11 is 0. The molecule has 2 bridgehead atoms. The molecule has 0 saturated carbocycles. The minimum atomic E-state index is -0.160. The van der Waals surface area contributed by atoms with Crippen molar-refractivity contribution in [2.75, 3.05) is 26.7 Å². The summed E-state index contributed by atoms with van der Waals surface area (Å²) in [5.74, 6) is 0.284. The van der Waals surface area contributed by atoms with Gasteiger partial charge in [0.15, 0.2) is 0 Å². The predicted molar refractivity (Wildman–Crippen MR) is 88.6 cm³/mol. The van der Waals surface area contributed by atoms with E-state index >= 15 is 0 Å². The lowest BCUT2D eigenvalue weighted by Gasteiger charge is -2.35. The molecule has 3 atom stereocenters. The third-order valence-corrected chi connectivity index (χ3v) is 5.20. The second-order valence-electron chi connectivity index (χ2n) is 6.51. The molecule has 2 fully saturated rings. The molecule has 3 unspecified atom stereocenters. The highest BCUT2D eigenvalue weighted by atomic mass is 16.2. The lowest BCUT2D eigenvalue weighted by atomic mass is 10.0. The number of rotatable bonds is 4. The molecule has 3 rings (SSSR count). The summed E-state index contributed by atoms with van der Waals surface area (Å²) in [6.45, 7) is 4.96. The topological polar surface area (TPSA) is 35.6 Å². The lowest BCUT2D eigenvalue weighted by molar-refractivity contribution is -0.139. The standard InChI is InChI=1S/C18H27N3O/c1-3-20(2)17(14-7-5-4-6-8-14)18(22)21-15-9-10-16(21)13-19-12-11-15/h4-8,15-17,19H,3,9-13H2,1-2H3. The van der Waals surface area contributed by atoms with Gasteiger partial charge in [-0.1, -0.05) is 37.3 Å². The van der Waals surface area contributed by atoms with Crippen molar-refractivity contribution in [1.82, 2.24) is 15.1 Å². The molecule has 4 nitrogen and oxygen atoms in total. The van der Waals surface area contributed by atoms with E-state index in [-0.39, 0.29) is 11.9 Å². The van der Waals surface area contributed by atoms with Gasteiger partial charge < -0.3 is 10.2 Å². The Balaban J connectivity index is 1.89. The molecule has 1 aromatic rings. The van der Waals surface area contributed by atoms with Gasteiger partial charge in [-0.2, -0.15) is 0 Å². The van der Waals surface area contributed by atoms with Crippen LogP contribution >= 0.6 is 0 Å². The highest BCUT2D eigenvalue weighted by Gasteiger charge is 2.41. The Hall–Kier alpha value is -1.39. The Kier molecular flexibility index (Phi) is 4.79. The van der Waals surface area contributed by atoms with Gasteiger partial charge in [-0.05, 0) is 45.0 Å². The minimum Gasteiger partial charge on any atom is -0.334 e. The maximum Gasteiger partial charge on any atom is 0.245 e. The third kappa shape index (κ3) is 2.90. The van der Waals surface area contributed by atoms with E-state index in [4.69, 9.17) is 0 Å². The summed E-state index contributed by atoms with van der Waals surface area (Å²) in [4.78, 5) is 17.7. The van der Waals surface area contributed by atoms with E-state index in [2.05, 4.69) is 34.2 Å². The van der Waals surface area contributed by atoms with E-state index < -0.39 is 0 Å². The van der Waals surface area contributed by atoms with Gasteiger partial charge in [0.2, 0.25) is 5.91 Å². The zero-order valence-electron chi connectivity index (χ0n) is 13.7. The SMILES string of the molecule is CCN(C)C(C(=O)N1C2CCNCC1CC2)c1ccccc1. The summed E-state index contributed by atoms with van der Waals surface area (Å²) in [7, 11) is 2.05. The third-order valence-electron chi connectivity index (χ3n) is 5.20. The Labute approximate surface area is 133 Å². The van der Waals surface area contributed by atoms with Gasteiger partial charge in [0, 0.05) is 18.6 Å². The average Bonchev–Trinajstić information content (AvgIpc) is 2.81. The quantitative estimate of drug-likeness (QED) is 0.924. The van der Waals surface area contributed by atoms with Crippen LogP contribution in [0.15, 0.2) is 30.3 Å². The summed E-state index contributed by atoms with van der Waals surface area (Å²) in [6.07, 6.45) is 3.38. The van der Waals surface area contributed by atoms with Crippen LogP contribution in [0.4, 0.5) is 0 Å². The molecule has 1 N–H and O–H groups in total. The monoisotopic (exact) mass is 301 g/mol. The first-order valence-electron chi connectivity index (χ1n) is 8.50. The van der Waals surface area contributed by atoms with Crippen LogP contribution in [-0.4, -0.2) is 54.5 Å². The van der Waals surface area contributed by atoms with E-state index in [1.54, 1.807) is 0 Å². The maximum atomic E-state index is 13.4. The first-order valence-corrected chi connectivity index (χ1v) is 8.50. The Morgan fingerprint density at radius 2 is 2.00 bits per heavy atom. The fourth-order valence-electron chi connectivity index (χ4n) is 3.89. The number of hydrogen-bond donors (Lipinski definition) is 1. The van der Waals surface area contributed by atoms with Gasteiger partial charge in [-0.3, -0.25) is 9.69 Å².